The number of para-hydroxylation sites is 1. The van der Waals surface area contributed by atoms with Gasteiger partial charge in [0.2, 0.25) is 5.75 Å². The third kappa shape index (κ3) is 4.03. The fourth-order valence-electron chi connectivity index (χ4n) is 2.76. The molecule has 7 nitrogen and oxygen atoms in total. The van der Waals surface area contributed by atoms with Crippen molar-refractivity contribution in [1.82, 2.24) is 9.55 Å². The van der Waals surface area contributed by atoms with Crippen LogP contribution in [-0.2, 0) is 6.54 Å². The summed E-state index contributed by atoms with van der Waals surface area (Å²) in [7, 11) is 4.55. The minimum Gasteiger partial charge on any atom is -0.493 e. The van der Waals surface area contributed by atoms with Gasteiger partial charge in [0, 0.05) is 23.6 Å². The molecule has 0 aliphatic carbocycles. The lowest BCUT2D eigenvalue weighted by Gasteiger charge is -2.15. The van der Waals surface area contributed by atoms with Crippen LogP contribution in [0.4, 0.5) is 5.69 Å². The summed E-state index contributed by atoms with van der Waals surface area (Å²) in [5.74, 6) is 1.02. The minimum absolute atomic E-state index is 0.271. The molecule has 0 spiro atoms. The first kappa shape index (κ1) is 18.3. The molecule has 0 atom stereocenters. The lowest BCUT2D eigenvalue weighted by Crippen LogP contribution is -2.14. The van der Waals surface area contributed by atoms with E-state index in [1.807, 2.05) is 35.0 Å². The molecule has 1 heterocycles. The predicted octanol–water partition coefficient (Wildman–Crippen LogP) is 3.21. The van der Waals surface area contributed by atoms with Gasteiger partial charge in [0.1, 0.15) is 0 Å². The number of hydrogen-bond donors (Lipinski definition) is 1. The number of ether oxygens (including phenoxy) is 3. The van der Waals surface area contributed by atoms with Crippen LogP contribution in [0.2, 0.25) is 0 Å². The van der Waals surface area contributed by atoms with Crippen molar-refractivity contribution in [2.45, 2.75) is 6.54 Å². The Morgan fingerprint density at radius 1 is 1.07 bits per heavy atom. The number of nitrogens with zero attached hydrogens (tertiary/aromatic N) is 2. The Morgan fingerprint density at radius 3 is 2.37 bits per heavy atom. The first-order chi connectivity index (χ1) is 13.2. The standard InChI is InChI=1S/C20H21N3O4/c1-25-17-10-15(11-18(26-2)19(17)27-3)20(24)22-16-7-5-4-6-14(16)12-23-9-8-21-13-23/h4-11,13H,12H2,1-3H3,(H,22,24). The highest BCUT2D eigenvalue weighted by Gasteiger charge is 2.17. The second kappa shape index (κ2) is 8.27. The van der Waals surface area contributed by atoms with E-state index >= 15 is 0 Å². The molecule has 1 N–H and O–H groups in total. The van der Waals surface area contributed by atoms with Gasteiger partial charge in [-0.25, -0.2) is 4.98 Å². The van der Waals surface area contributed by atoms with Crippen LogP contribution < -0.4 is 19.5 Å². The molecule has 0 saturated heterocycles. The van der Waals surface area contributed by atoms with Crippen LogP contribution in [-0.4, -0.2) is 36.8 Å². The smallest absolute Gasteiger partial charge is 0.255 e. The second-order valence-corrected chi connectivity index (χ2v) is 5.76. The fourth-order valence-corrected chi connectivity index (χ4v) is 2.76. The zero-order chi connectivity index (χ0) is 19.2. The van der Waals surface area contributed by atoms with E-state index in [0.29, 0.717) is 29.4 Å². The average molecular weight is 367 g/mol. The number of benzene rings is 2. The normalized spacial score (nSPS) is 10.3. The van der Waals surface area contributed by atoms with Gasteiger partial charge in [-0.1, -0.05) is 18.2 Å². The van der Waals surface area contributed by atoms with Gasteiger partial charge in [0.25, 0.3) is 5.91 Å². The number of hydrogen-bond acceptors (Lipinski definition) is 5. The summed E-state index contributed by atoms with van der Waals surface area (Å²) < 4.78 is 17.9. The van der Waals surface area contributed by atoms with E-state index in [1.54, 1.807) is 24.7 Å². The van der Waals surface area contributed by atoms with Gasteiger partial charge in [0.15, 0.2) is 11.5 Å². The summed E-state index contributed by atoms with van der Waals surface area (Å²) in [6.07, 6.45) is 5.33. The van der Waals surface area contributed by atoms with Crippen molar-refractivity contribution >= 4 is 11.6 Å². The number of amides is 1. The molecule has 0 aliphatic rings. The third-order valence-corrected chi connectivity index (χ3v) is 4.10. The highest BCUT2D eigenvalue weighted by atomic mass is 16.5. The van der Waals surface area contributed by atoms with Crippen molar-refractivity contribution in [3.8, 4) is 17.2 Å². The zero-order valence-electron chi connectivity index (χ0n) is 15.4. The molecule has 0 aliphatic heterocycles. The first-order valence-electron chi connectivity index (χ1n) is 8.31. The molecule has 1 aromatic heterocycles. The van der Waals surface area contributed by atoms with Gasteiger partial charge < -0.3 is 24.1 Å². The Kier molecular flexibility index (Phi) is 5.61. The summed E-state index contributed by atoms with van der Waals surface area (Å²) in [6.45, 7) is 0.603. The van der Waals surface area contributed by atoms with Crippen LogP contribution in [0, 0.1) is 0 Å². The monoisotopic (exact) mass is 367 g/mol. The zero-order valence-corrected chi connectivity index (χ0v) is 15.4. The van der Waals surface area contributed by atoms with E-state index in [-0.39, 0.29) is 5.91 Å². The van der Waals surface area contributed by atoms with E-state index in [1.165, 1.54) is 21.3 Å². The summed E-state index contributed by atoms with van der Waals surface area (Å²) in [5.41, 5.74) is 2.10. The number of anilines is 1. The van der Waals surface area contributed by atoms with Crippen LogP contribution in [0.15, 0.2) is 55.1 Å². The number of rotatable bonds is 7. The number of aromatic nitrogens is 2. The Labute approximate surface area is 157 Å². The lowest BCUT2D eigenvalue weighted by atomic mass is 10.1. The van der Waals surface area contributed by atoms with Crippen LogP contribution in [0.1, 0.15) is 15.9 Å². The number of nitrogens with one attached hydrogen (secondary N) is 1. The fraction of sp³-hybridized carbons (Fsp3) is 0.200. The maximum atomic E-state index is 12.8. The van der Waals surface area contributed by atoms with Crippen LogP contribution >= 0.6 is 0 Å². The second-order valence-electron chi connectivity index (χ2n) is 5.76. The predicted molar refractivity (Wildman–Crippen MR) is 102 cm³/mol. The van der Waals surface area contributed by atoms with Gasteiger partial charge in [0.05, 0.1) is 34.2 Å². The lowest BCUT2D eigenvalue weighted by molar-refractivity contribution is 0.102. The van der Waals surface area contributed by atoms with E-state index < -0.39 is 0 Å². The third-order valence-electron chi connectivity index (χ3n) is 4.10. The minimum atomic E-state index is -0.271. The van der Waals surface area contributed by atoms with E-state index in [0.717, 1.165) is 11.3 Å². The molecule has 1 amide bonds. The van der Waals surface area contributed by atoms with Crippen LogP contribution in [0.25, 0.3) is 0 Å². The molecule has 2 aromatic carbocycles. The van der Waals surface area contributed by atoms with Crippen LogP contribution in [0.3, 0.4) is 0 Å². The average Bonchev–Trinajstić information content (AvgIpc) is 3.21. The van der Waals surface area contributed by atoms with Crippen molar-refractivity contribution in [2.75, 3.05) is 26.6 Å². The Hall–Kier alpha value is -3.48. The molecule has 0 saturated carbocycles. The van der Waals surface area contributed by atoms with Crippen molar-refractivity contribution in [1.29, 1.82) is 0 Å². The molecule has 0 bridgehead atoms. The van der Waals surface area contributed by atoms with Gasteiger partial charge in [-0.2, -0.15) is 0 Å². The molecule has 0 unspecified atom stereocenters. The van der Waals surface area contributed by atoms with E-state index in [2.05, 4.69) is 10.3 Å². The van der Waals surface area contributed by atoms with Crippen molar-refractivity contribution in [3.63, 3.8) is 0 Å². The molecule has 3 rings (SSSR count). The largest absolute Gasteiger partial charge is 0.493 e. The maximum absolute atomic E-state index is 12.8. The molecule has 27 heavy (non-hydrogen) atoms. The Morgan fingerprint density at radius 2 is 1.78 bits per heavy atom. The van der Waals surface area contributed by atoms with Gasteiger partial charge in [-0.05, 0) is 23.8 Å². The highest BCUT2D eigenvalue weighted by Crippen LogP contribution is 2.38. The summed E-state index contributed by atoms with van der Waals surface area (Å²) >= 11 is 0. The summed E-state index contributed by atoms with van der Waals surface area (Å²) in [5, 5.41) is 2.95. The van der Waals surface area contributed by atoms with Crippen LogP contribution in [0.5, 0.6) is 17.2 Å². The van der Waals surface area contributed by atoms with Gasteiger partial charge in [-0.15, -0.1) is 0 Å². The Bertz CT molecular complexity index is 898. The molecule has 0 radical (unpaired) electrons. The van der Waals surface area contributed by atoms with Crippen molar-refractivity contribution < 1.29 is 19.0 Å². The summed E-state index contributed by atoms with van der Waals surface area (Å²) in [4.78, 5) is 16.9. The molecule has 3 aromatic rings. The van der Waals surface area contributed by atoms with Gasteiger partial charge in [-0.3, -0.25) is 4.79 Å². The van der Waals surface area contributed by atoms with E-state index in [4.69, 9.17) is 14.2 Å². The SMILES string of the molecule is COc1cc(C(=O)Nc2ccccc2Cn2ccnc2)cc(OC)c1OC. The van der Waals surface area contributed by atoms with Crippen molar-refractivity contribution in [3.05, 3.63) is 66.2 Å². The topological polar surface area (TPSA) is 74.6 Å². The molecule has 0 fully saturated rings. The summed E-state index contributed by atoms with van der Waals surface area (Å²) in [6, 6.07) is 10.9. The molecule has 140 valence electrons. The number of carbonyl (C=O) groups excluding carboxylic acids is 1. The number of carbonyl (C=O) groups is 1. The molecular formula is C20H21N3O4. The van der Waals surface area contributed by atoms with Crippen molar-refractivity contribution in [2.24, 2.45) is 0 Å². The number of methoxy groups -OCH3 is 3. The van der Waals surface area contributed by atoms with Gasteiger partial charge >= 0.3 is 0 Å². The Balaban J connectivity index is 1.88. The highest BCUT2D eigenvalue weighted by molar-refractivity contribution is 6.05. The first-order valence-corrected chi connectivity index (χ1v) is 8.31. The van der Waals surface area contributed by atoms with E-state index in [9.17, 15) is 4.79 Å². The molecular weight excluding hydrogens is 346 g/mol. The molecule has 7 heteroatoms. The maximum Gasteiger partial charge on any atom is 0.255 e. The quantitative estimate of drug-likeness (QED) is 0.694. The number of imidazole rings is 1.